The van der Waals surface area contributed by atoms with Crippen molar-refractivity contribution in [3.63, 3.8) is 0 Å². The van der Waals surface area contributed by atoms with Crippen LogP contribution in [0.15, 0.2) is 77.7 Å². The number of carbonyl (C=O) groups is 2. The number of carbonyl (C=O) groups excluding carboxylic acids is 2. The molecule has 0 heterocycles. The van der Waals surface area contributed by atoms with Gasteiger partial charge in [0.2, 0.25) is 11.8 Å². The molecule has 0 unspecified atom stereocenters. The predicted molar refractivity (Wildman–Crippen MR) is 157 cm³/mol. The van der Waals surface area contributed by atoms with Gasteiger partial charge >= 0.3 is 0 Å². The van der Waals surface area contributed by atoms with E-state index in [0.717, 1.165) is 4.31 Å². The summed E-state index contributed by atoms with van der Waals surface area (Å²) in [5, 5.41) is 3.88. The maximum atomic E-state index is 13.9. The Morgan fingerprint density at radius 2 is 1.44 bits per heavy atom. The standard InChI is InChI=1S/C28H30Cl3N3O4S/c1-19(27(36)32-28(2,3)4)33(17-23-24(30)11-8-12-25(23)31)26(35)18-34(21-9-6-5-7-10-21)39(37,38)22-15-13-20(29)14-16-22/h5-16,19H,17-18H2,1-4H3,(H,32,36)/t19-/m0/s1. The highest BCUT2D eigenvalue weighted by atomic mass is 35.5. The summed E-state index contributed by atoms with van der Waals surface area (Å²) in [5.74, 6) is -1.03. The van der Waals surface area contributed by atoms with Gasteiger partial charge in [0.25, 0.3) is 10.0 Å². The minimum absolute atomic E-state index is 0.0391. The summed E-state index contributed by atoms with van der Waals surface area (Å²) in [6.45, 7) is 6.35. The van der Waals surface area contributed by atoms with E-state index < -0.39 is 40.0 Å². The monoisotopic (exact) mass is 609 g/mol. The maximum absolute atomic E-state index is 13.9. The third-order valence-electron chi connectivity index (χ3n) is 5.78. The Morgan fingerprint density at radius 3 is 1.97 bits per heavy atom. The molecular weight excluding hydrogens is 581 g/mol. The van der Waals surface area contributed by atoms with Gasteiger partial charge in [0.1, 0.15) is 12.6 Å². The van der Waals surface area contributed by atoms with Gasteiger partial charge in [-0.3, -0.25) is 13.9 Å². The van der Waals surface area contributed by atoms with Gasteiger partial charge in [-0.15, -0.1) is 0 Å². The Labute approximate surface area is 244 Å². The maximum Gasteiger partial charge on any atom is 0.264 e. The van der Waals surface area contributed by atoms with Crippen LogP contribution in [0.3, 0.4) is 0 Å². The number of sulfonamides is 1. The zero-order chi connectivity index (χ0) is 29.0. The van der Waals surface area contributed by atoms with Crippen LogP contribution in [0.5, 0.6) is 0 Å². The number of hydrogen-bond acceptors (Lipinski definition) is 4. The van der Waals surface area contributed by atoms with Crippen molar-refractivity contribution in [2.45, 2.75) is 50.7 Å². The van der Waals surface area contributed by atoms with E-state index in [0.29, 0.717) is 20.6 Å². The number of benzene rings is 3. The number of nitrogens with one attached hydrogen (secondary N) is 1. The second kappa shape index (κ2) is 12.6. The van der Waals surface area contributed by atoms with E-state index in [9.17, 15) is 18.0 Å². The second-order valence-electron chi connectivity index (χ2n) is 9.94. The van der Waals surface area contributed by atoms with E-state index in [4.69, 9.17) is 34.8 Å². The van der Waals surface area contributed by atoms with E-state index in [1.807, 2.05) is 20.8 Å². The lowest BCUT2D eigenvalue weighted by atomic mass is 10.1. The van der Waals surface area contributed by atoms with E-state index in [1.165, 1.54) is 29.2 Å². The first-order chi connectivity index (χ1) is 18.2. The lowest BCUT2D eigenvalue weighted by Crippen LogP contribution is -2.54. The molecule has 0 aliphatic rings. The molecule has 0 saturated heterocycles. The minimum Gasteiger partial charge on any atom is -0.350 e. The van der Waals surface area contributed by atoms with Crippen LogP contribution in [0.4, 0.5) is 5.69 Å². The molecule has 0 aliphatic carbocycles. The van der Waals surface area contributed by atoms with Gasteiger partial charge in [-0.2, -0.15) is 0 Å². The molecule has 0 fully saturated rings. The molecule has 2 amide bonds. The van der Waals surface area contributed by atoms with Crippen molar-refractivity contribution in [2.75, 3.05) is 10.8 Å². The Balaban J connectivity index is 2.05. The first kappa shape index (κ1) is 30.8. The van der Waals surface area contributed by atoms with Gasteiger partial charge in [0, 0.05) is 32.7 Å². The second-order valence-corrected chi connectivity index (χ2v) is 13.1. The van der Waals surface area contributed by atoms with Crippen LogP contribution in [0.25, 0.3) is 0 Å². The molecule has 0 saturated carbocycles. The normalized spacial score (nSPS) is 12.5. The third-order valence-corrected chi connectivity index (χ3v) is 8.53. The largest absolute Gasteiger partial charge is 0.350 e. The highest BCUT2D eigenvalue weighted by Gasteiger charge is 2.34. The van der Waals surface area contributed by atoms with Gasteiger partial charge in [-0.25, -0.2) is 8.42 Å². The summed E-state index contributed by atoms with van der Waals surface area (Å²) in [7, 11) is -4.19. The van der Waals surface area contributed by atoms with Crippen LogP contribution in [0, 0.1) is 0 Å². The molecule has 208 valence electrons. The number of nitrogens with zero attached hydrogens (tertiary/aromatic N) is 2. The first-order valence-corrected chi connectivity index (χ1v) is 14.7. The first-order valence-electron chi connectivity index (χ1n) is 12.1. The topological polar surface area (TPSA) is 86.8 Å². The van der Waals surface area contributed by atoms with Gasteiger partial charge in [-0.05, 0) is 76.2 Å². The Morgan fingerprint density at radius 1 is 0.872 bits per heavy atom. The molecule has 0 radical (unpaired) electrons. The lowest BCUT2D eigenvalue weighted by Gasteiger charge is -2.33. The molecule has 11 heteroatoms. The molecule has 3 rings (SSSR count). The number of anilines is 1. The zero-order valence-electron chi connectivity index (χ0n) is 22.0. The minimum atomic E-state index is -4.19. The van der Waals surface area contributed by atoms with Crippen LogP contribution in [-0.4, -0.2) is 43.3 Å². The van der Waals surface area contributed by atoms with Gasteiger partial charge in [0.05, 0.1) is 10.6 Å². The number of halogens is 3. The number of hydrogen-bond donors (Lipinski definition) is 1. The highest BCUT2D eigenvalue weighted by Crippen LogP contribution is 2.28. The van der Waals surface area contributed by atoms with Crippen LogP contribution < -0.4 is 9.62 Å². The van der Waals surface area contributed by atoms with Crippen LogP contribution in [0.2, 0.25) is 15.1 Å². The lowest BCUT2D eigenvalue weighted by molar-refractivity contribution is -0.140. The SMILES string of the molecule is C[C@@H](C(=O)NC(C)(C)C)N(Cc1c(Cl)cccc1Cl)C(=O)CN(c1ccccc1)S(=O)(=O)c1ccc(Cl)cc1. The van der Waals surface area contributed by atoms with Crippen molar-refractivity contribution >= 4 is 62.3 Å². The molecule has 1 atom stereocenters. The van der Waals surface area contributed by atoms with Crippen molar-refractivity contribution in [3.05, 3.63) is 93.4 Å². The molecule has 0 bridgehead atoms. The Hall–Kier alpha value is -2.78. The van der Waals surface area contributed by atoms with Gasteiger partial charge < -0.3 is 10.2 Å². The average molecular weight is 611 g/mol. The van der Waals surface area contributed by atoms with Gasteiger partial charge in [-0.1, -0.05) is 59.1 Å². The van der Waals surface area contributed by atoms with E-state index >= 15 is 0 Å². The fourth-order valence-corrected chi connectivity index (χ4v) is 5.82. The summed E-state index contributed by atoms with van der Waals surface area (Å²) in [6, 6.07) is 17.9. The smallest absolute Gasteiger partial charge is 0.264 e. The number of para-hydroxylation sites is 1. The molecule has 7 nitrogen and oxygen atoms in total. The average Bonchev–Trinajstić information content (AvgIpc) is 2.86. The molecular formula is C28H30Cl3N3O4S. The summed E-state index contributed by atoms with van der Waals surface area (Å²) in [6.07, 6.45) is 0. The summed E-state index contributed by atoms with van der Waals surface area (Å²) >= 11 is 18.8. The predicted octanol–water partition coefficient (Wildman–Crippen LogP) is 6.17. The van der Waals surface area contributed by atoms with Crippen LogP contribution in [0.1, 0.15) is 33.3 Å². The van der Waals surface area contributed by atoms with E-state index in [1.54, 1.807) is 55.5 Å². The van der Waals surface area contributed by atoms with Crippen molar-refractivity contribution in [1.82, 2.24) is 10.2 Å². The van der Waals surface area contributed by atoms with E-state index in [-0.39, 0.29) is 17.1 Å². The Kier molecular flexibility index (Phi) is 9.93. The zero-order valence-corrected chi connectivity index (χ0v) is 25.1. The summed E-state index contributed by atoms with van der Waals surface area (Å²) in [4.78, 5) is 28.3. The molecule has 39 heavy (non-hydrogen) atoms. The van der Waals surface area contributed by atoms with Crippen molar-refractivity contribution in [2.24, 2.45) is 0 Å². The fraction of sp³-hybridized carbons (Fsp3) is 0.286. The molecule has 0 aliphatic heterocycles. The summed E-state index contributed by atoms with van der Waals surface area (Å²) in [5.41, 5.74) is 0.163. The molecule has 3 aromatic carbocycles. The third kappa shape index (κ3) is 7.88. The van der Waals surface area contributed by atoms with Crippen LogP contribution >= 0.6 is 34.8 Å². The molecule has 3 aromatic rings. The van der Waals surface area contributed by atoms with Crippen LogP contribution in [-0.2, 0) is 26.2 Å². The summed E-state index contributed by atoms with van der Waals surface area (Å²) < 4.78 is 28.5. The molecule has 0 aromatic heterocycles. The van der Waals surface area contributed by atoms with Crippen molar-refractivity contribution < 1.29 is 18.0 Å². The molecule has 1 N–H and O–H groups in total. The van der Waals surface area contributed by atoms with Crippen molar-refractivity contribution in [1.29, 1.82) is 0 Å². The quantitative estimate of drug-likeness (QED) is 0.314. The van der Waals surface area contributed by atoms with Crippen molar-refractivity contribution in [3.8, 4) is 0 Å². The number of amides is 2. The highest BCUT2D eigenvalue weighted by molar-refractivity contribution is 7.92. The molecule has 0 spiro atoms. The van der Waals surface area contributed by atoms with E-state index in [2.05, 4.69) is 5.32 Å². The number of rotatable bonds is 9. The fourth-order valence-electron chi connectivity index (χ4n) is 3.77. The Bertz CT molecular complexity index is 1410. The van der Waals surface area contributed by atoms with Gasteiger partial charge in [0.15, 0.2) is 0 Å².